The third-order valence-electron chi connectivity index (χ3n) is 4.29. The Morgan fingerprint density at radius 3 is 2.23 bits per heavy atom. The highest BCUT2D eigenvalue weighted by Crippen LogP contribution is 2.15. The number of carbonyl (C=O) groups excluding carboxylic acids is 2. The first-order valence-corrected chi connectivity index (χ1v) is 8.82. The van der Waals surface area contributed by atoms with Gasteiger partial charge in [-0.15, -0.1) is 0 Å². The molecule has 5 nitrogen and oxygen atoms in total. The number of hydrogen-bond acceptors (Lipinski definition) is 3. The van der Waals surface area contributed by atoms with Crippen molar-refractivity contribution in [2.24, 2.45) is 0 Å². The number of benzene rings is 2. The second-order valence-corrected chi connectivity index (χ2v) is 6.58. The number of nitrogens with zero attached hydrogens (tertiary/aromatic N) is 1. The molecule has 0 atom stereocenters. The first-order valence-electron chi connectivity index (χ1n) is 8.82. The summed E-state index contributed by atoms with van der Waals surface area (Å²) in [4.78, 5) is 26.1. The summed E-state index contributed by atoms with van der Waals surface area (Å²) in [5.41, 5.74) is 5.01. The lowest BCUT2D eigenvalue weighted by Gasteiger charge is -2.17. The van der Waals surface area contributed by atoms with Crippen LogP contribution in [-0.4, -0.2) is 36.9 Å². The van der Waals surface area contributed by atoms with Crippen LogP contribution in [0.2, 0.25) is 0 Å². The number of anilines is 2. The summed E-state index contributed by atoms with van der Waals surface area (Å²) in [5.74, 6) is -0.273. The molecule has 2 N–H and O–H groups in total. The summed E-state index contributed by atoms with van der Waals surface area (Å²) in [6.07, 6.45) is 0.852. The lowest BCUT2D eigenvalue weighted by atomic mass is 10.1. The number of likely N-dealkylation sites (N-methyl/N-ethyl adjacent to an activating group) is 1. The molecular formula is C21H27N3O2. The largest absolute Gasteiger partial charge is 0.325 e. The van der Waals surface area contributed by atoms with E-state index in [-0.39, 0.29) is 24.9 Å². The van der Waals surface area contributed by atoms with Gasteiger partial charge in [-0.1, -0.05) is 31.2 Å². The van der Waals surface area contributed by atoms with E-state index in [9.17, 15) is 9.59 Å². The number of amides is 2. The molecule has 26 heavy (non-hydrogen) atoms. The molecule has 0 saturated heterocycles. The van der Waals surface area contributed by atoms with Gasteiger partial charge in [0.05, 0.1) is 13.1 Å². The van der Waals surface area contributed by atoms with Crippen molar-refractivity contribution >= 4 is 23.2 Å². The third-order valence-corrected chi connectivity index (χ3v) is 4.29. The highest BCUT2D eigenvalue weighted by molar-refractivity contribution is 5.95. The van der Waals surface area contributed by atoms with Crippen molar-refractivity contribution in [3.8, 4) is 0 Å². The Labute approximate surface area is 155 Å². The first kappa shape index (κ1) is 19.7. The Morgan fingerprint density at radius 2 is 1.58 bits per heavy atom. The van der Waals surface area contributed by atoms with E-state index in [2.05, 4.69) is 10.6 Å². The molecule has 0 unspecified atom stereocenters. The summed E-state index contributed by atoms with van der Waals surface area (Å²) >= 11 is 0. The minimum Gasteiger partial charge on any atom is -0.325 e. The quantitative estimate of drug-likeness (QED) is 0.802. The van der Waals surface area contributed by atoms with Crippen molar-refractivity contribution in [1.29, 1.82) is 0 Å². The molecule has 2 amide bonds. The third kappa shape index (κ3) is 5.70. The first-order chi connectivity index (χ1) is 12.4. The lowest BCUT2D eigenvalue weighted by molar-refractivity contribution is -0.119. The van der Waals surface area contributed by atoms with E-state index in [1.165, 1.54) is 5.56 Å². The molecule has 0 aliphatic rings. The van der Waals surface area contributed by atoms with E-state index >= 15 is 0 Å². The lowest BCUT2D eigenvalue weighted by Crippen LogP contribution is -2.36. The van der Waals surface area contributed by atoms with E-state index in [1.807, 2.05) is 63.2 Å². The minimum absolute atomic E-state index is 0.132. The van der Waals surface area contributed by atoms with Crippen LogP contribution in [0.3, 0.4) is 0 Å². The van der Waals surface area contributed by atoms with Gasteiger partial charge < -0.3 is 10.6 Å². The second-order valence-electron chi connectivity index (χ2n) is 6.58. The summed E-state index contributed by atoms with van der Waals surface area (Å²) in [6.45, 7) is 6.39. The van der Waals surface area contributed by atoms with Gasteiger partial charge in [0.1, 0.15) is 0 Å². The van der Waals surface area contributed by atoms with Crippen molar-refractivity contribution in [2.75, 3.05) is 30.8 Å². The molecule has 0 fully saturated rings. The number of carbonyl (C=O) groups is 2. The van der Waals surface area contributed by atoms with Gasteiger partial charge in [-0.3, -0.25) is 14.5 Å². The van der Waals surface area contributed by atoms with Gasteiger partial charge in [0, 0.05) is 11.4 Å². The average Bonchev–Trinajstić information content (AvgIpc) is 2.58. The van der Waals surface area contributed by atoms with E-state index in [1.54, 1.807) is 11.9 Å². The van der Waals surface area contributed by atoms with Crippen molar-refractivity contribution in [3.63, 3.8) is 0 Å². The Hall–Kier alpha value is -2.66. The smallest absolute Gasteiger partial charge is 0.238 e. The average molecular weight is 353 g/mol. The van der Waals surface area contributed by atoms with Crippen LogP contribution in [0.15, 0.2) is 42.5 Å². The standard InChI is InChI=1S/C21H27N3O2/c1-5-17-8-6-7-9-19(17)23-21(26)14-24(4)13-20(25)22-18-11-10-15(2)16(3)12-18/h6-12H,5,13-14H2,1-4H3,(H,22,25)(H,23,26). The predicted molar refractivity (Wildman–Crippen MR) is 106 cm³/mol. The minimum atomic E-state index is -0.141. The molecule has 5 heteroatoms. The van der Waals surface area contributed by atoms with Crippen LogP contribution in [-0.2, 0) is 16.0 Å². The molecule has 138 valence electrons. The summed E-state index contributed by atoms with van der Waals surface area (Å²) in [5, 5.41) is 5.79. The maximum atomic E-state index is 12.2. The maximum absolute atomic E-state index is 12.2. The molecular weight excluding hydrogens is 326 g/mol. The molecule has 0 aliphatic carbocycles. The highest BCUT2D eigenvalue weighted by Gasteiger charge is 2.12. The fraction of sp³-hybridized carbons (Fsp3) is 0.333. The van der Waals surface area contributed by atoms with E-state index in [0.29, 0.717) is 0 Å². The maximum Gasteiger partial charge on any atom is 0.238 e. The molecule has 2 rings (SSSR count). The van der Waals surface area contributed by atoms with Crippen LogP contribution < -0.4 is 10.6 Å². The monoisotopic (exact) mass is 353 g/mol. The molecule has 0 saturated carbocycles. The van der Waals surface area contributed by atoms with Gasteiger partial charge in [-0.05, 0) is 62.2 Å². The molecule has 0 heterocycles. The zero-order valence-electron chi connectivity index (χ0n) is 15.9. The number of para-hydroxylation sites is 1. The summed E-state index contributed by atoms with van der Waals surface area (Å²) < 4.78 is 0. The van der Waals surface area contributed by atoms with Gasteiger partial charge in [-0.2, -0.15) is 0 Å². The molecule has 0 aliphatic heterocycles. The zero-order valence-corrected chi connectivity index (χ0v) is 15.9. The van der Waals surface area contributed by atoms with Crippen LogP contribution >= 0.6 is 0 Å². The Balaban J connectivity index is 1.85. The van der Waals surface area contributed by atoms with Crippen LogP contribution in [0.1, 0.15) is 23.6 Å². The molecule has 0 radical (unpaired) electrons. The Morgan fingerprint density at radius 1 is 0.923 bits per heavy atom. The molecule has 0 bridgehead atoms. The second kappa shape index (κ2) is 9.15. The fourth-order valence-corrected chi connectivity index (χ4v) is 2.71. The van der Waals surface area contributed by atoms with Crippen LogP contribution in [0, 0.1) is 13.8 Å². The molecule has 0 spiro atoms. The SMILES string of the molecule is CCc1ccccc1NC(=O)CN(C)CC(=O)Nc1ccc(C)c(C)c1. The van der Waals surface area contributed by atoms with Gasteiger partial charge in [0.15, 0.2) is 0 Å². The van der Waals surface area contributed by atoms with Crippen LogP contribution in [0.25, 0.3) is 0 Å². The number of hydrogen-bond donors (Lipinski definition) is 2. The topological polar surface area (TPSA) is 61.4 Å². The van der Waals surface area contributed by atoms with Gasteiger partial charge in [0.2, 0.25) is 11.8 Å². The number of rotatable bonds is 7. The summed E-state index contributed by atoms with van der Waals surface area (Å²) in [6, 6.07) is 13.6. The molecule has 2 aromatic rings. The highest BCUT2D eigenvalue weighted by atomic mass is 16.2. The molecule has 2 aromatic carbocycles. The van der Waals surface area contributed by atoms with Crippen molar-refractivity contribution in [3.05, 3.63) is 59.2 Å². The fourth-order valence-electron chi connectivity index (χ4n) is 2.71. The van der Waals surface area contributed by atoms with Crippen molar-refractivity contribution in [2.45, 2.75) is 27.2 Å². The van der Waals surface area contributed by atoms with Crippen LogP contribution in [0.4, 0.5) is 11.4 Å². The van der Waals surface area contributed by atoms with Gasteiger partial charge in [-0.25, -0.2) is 0 Å². The number of aryl methyl sites for hydroxylation is 3. The van der Waals surface area contributed by atoms with E-state index < -0.39 is 0 Å². The van der Waals surface area contributed by atoms with Gasteiger partial charge in [0.25, 0.3) is 0 Å². The zero-order chi connectivity index (χ0) is 19.1. The van der Waals surface area contributed by atoms with E-state index in [0.717, 1.165) is 28.9 Å². The number of nitrogens with one attached hydrogen (secondary N) is 2. The van der Waals surface area contributed by atoms with Crippen molar-refractivity contribution in [1.82, 2.24) is 4.90 Å². The predicted octanol–water partition coefficient (Wildman–Crippen LogP) is 3.37. The Kier molecular flexibility index (Phi) is 6.92. The summed E-state index contributed by atoms with van der Waals surface area (Å²) in [7, 11) is 1.76. The molecule has 0 aromatic heterocycles. The van der Waals surface area contributed by atoms with Gasteiger partial charge >= 0.3 is 0 Å². The van der Waals surface area contributed by atoms with E-state index in [4.69, 9.17) is 0 Å². The Bertz CT molecular complexity index is 787. The van der Waals surface area contributed by atoms with Crippen LogP contribution in [0.5, 0.6) is 0 Å². The van der Waals surface area contributed by atoms with Crippen molar-refractivity contribution < 1.29 is 9.59 Å². The normalized spacial score (nSPS) is 10.7.